The molecule has 1 saturated heterocycles. The first-order valence-electron chi connectivity index (χ1n) is 6.23. The number of carbonyl (C=O) groups is 1. The molecule has 0 spiro atoms. The van der Waals surface area contributed by atoms with Gasteiger partial charge in [-0.05, 0) is 18.2 Å². The highest BCUT2D eigenvalue weighted by atomic mass is 16.2. The zero-order valence-electron chi connectivity index (χ0n) is 10.2. The van der Waals surface area contributed by atoms with E-state index in [-0.39, 0.29) is 5.91 Å². The Hall–Kier alpha value is -1.88. The van der Waals surface area contributed by atoms with Crippen molar-refractivity contribution < 1.29 is 4.79 Å². The smallest absolute Gasteiger partial charge is 0.242 e. The van der Waals surface area contributed by atoms with Crippen LogP contribution >= 0.6 is 0 Å². The van der Waals surface area contributed by atoms with Crippen LogP contribution in [-0.2, 0) is 11.3 Å². The number of nitrogens with one attached hydrogen (secondary N) is 1. The van der Waals surface area contributed by atoms with Gasteiger partial charge in [0, 0.05) is 44.0 Å². The third-order valence-electron chi connectivity index (χ3n) is 3.30. The molecule has 0 bridgehead atoms. The summed E-state index contributed by atoms with van der Waals surface area (Å²) in [4.78, 5) is 18.4. The lowest BCUT2D eigenvalue weighted by molar-refractivity contribution is -0.132. The van der Waals surface area contributed by atoms with Gasteiger partial charge in [0.15, 0.2) is 0 Å². The summed E-state index contributed by atoms with van der Waals surface area (Å²) < 4.78 is 1.92. The predicted molar refractivity (Wildman–Crippen MR) is 69.2 cm³/mol. The van der Waals surface area contributed by atoms with Crippen LogP contribution in [0.3, 0.4) is 0 Å². The Kier molecular flexibility index (Phi) is 2.98. The van der Waals surface area contributed by atoms with Gasteiger partial charge in [-0.2, -0.15) is 0 Å². The molecule has 1 aliphatic heterocycles. The van der Waals surface area contributed by atoms with Gasteiger partial charge in [0.05, 0.1) is 0 Å². The molecule has 1 aliphatic rings. The first kappa shape index (κ1) is 11.2. The summed E-state index contributed by atoms with van der Waals surface area (Å²) in [5.74, 6) is 0.166. The summed E-state index contributed by atoms with van der Waals surface area (Å²) in [7, 11) is 0. The maximum absolute atomic E-state index is 12.2. The van der Waals surface area contributed by atoms with Crippen LogP contribution < -0.4 is 5.32 Å². The van der Waals surface area contributed by atoms with Gasteiger partial charge in [-0.3, -0.25) is 4.79 Å². The predicted octanol–water partition coefficient (Wildman–Crippen LogP) is 0.468. The van der Waals surface area contributed by atoms with Crippen molar-refractivity contribution in [3.8, 4) is 0 Å². The lowest BCUT2D eigenvalue weighted by atomic mass is 10.3. The molecule has 0 radical (unpaired) electrons. The molecule has 1 amide bonds. The number of nitrogens with zero attached hydrogens (tertiary/aromatic N) is 3. The van der Waals surface area contributed by atoms with Gasteiger partial charge in [0.25, 0.3) is 0 Å². The SMILES string of the molecule is O=C(Cn1ccc2cccnc21)N1CCNCC1. The van der Waals surface area contributed by atoms with E-state index >= 15 is 0 Å². The number of piperazine rings is 1. The van der Waals surface area contributed by atoms with Gasteiger partial charge >= 0.3 is 0 Å². The second-order valence-electron chi connectivity index (χ2n) is 4.49. The molecular weight excluding hydrogens is 228 g/mol. The molecule has 3 heterocycles. The minimum atomic E-state index is 0.166. The molecule has 0 unspecified atom stereocenters. The number of carbonyl (C=O) groups excluding carboxylic acids is 1. The number of fused-ring (bicyclic) bond motifs is 1. The number of hydrogen-bond donors (Lipinski definition) is 1. The number of amides is 1. The fraction of sp³-hybridized carbons (Fsp3) is 0.385. The maximum atomic E-state index is 12.2. The molecule has 94 valence electrons. The highest BCUT2D eigenvalue weighted by Gasteiger charge is 2.16. The van der Waals surface area contributed by atoms with Crippen molar-refractivity contribution in [3.05, 3.63) is 30.6 Å². The summed E-state index contributed by atoms with van der Waals surface area (Å²) in [6.07, 6.45) is 3.69. The van der Waals surface area contributed by atoms with Crippen LogP contribution in [0.4, 0.5) is 0 Å². The van der Waals surface area contributed by atoms with Gasteiger partial charge in [-0.15, -0.1) is 0 Å². The van der Waals surface area contributed by atoms with Crippen molar-refractivity contribution in [1.29, 1.82) is 0 Å². The fourth-order valence-corrected chi connectivity index (χ4v) is 2.31. The Labute approximate surface area is 105 Å². The van der Waals surface area contributed by atoms with Crippen LogP contribution in [-0.4, -0.2) is 46.5 Å². The van der Waals surface area contributed by atoms with Gasteiger partial charge < -0.3 is 14.8 Å². The molecule has 18 heavy (non-hydrogen) atoms. The molecule has 1 N–H and O–H groups in total. The van der Waals surface area contributed by atoms with E-state index < -0.39 is 0 Å². The molecule has 2 aromatic rings. The Bertz CT molecular complexity index is 557. The van der Waals surface area contributed by atoms with E-state index in [1.807, 2.05) is 33.9 Å². The molecule has 2 aromatic heterocycles. The van der Waals surface area contributed by atoms with Gasteiger partial charge in [-0.25, -0.2) is 4.98 Å². The van der Waals surface area contributed by atoms with Crippen LogP contribution in [0.5, 0.6) is 0 Å². The van der Waals surface area contributed by atoms with Crippen LogP contribution in [0.15, 0.2) is 30.6 Å². The van der Waals surface area contributed by atoms with Crippen LogP contribution in [0.2, 0.25) is 0 Å². The first-order chi connectivity index (χ1) is 8.84. The highest BCUT2D eigenvalue weighted by molar-refractivity contribution is 5.80. The molecule has 5 heteroatoms. The van der Waals surface area contributed by atoms with E-state index in [0.717, 1.165) is 37.2 Å². The van der Waals surface area contributed by atoms with Gasteiger partial charge in [-0.1, -0.05) is 0 Å². The average Bonchev–Trinajstić information content (AvgIpc) is 2.83. The summed E-state index contributed by atoms with van der Waals surface area (Å²) >= 11 is 0. The molecule has 0 aliphatic carbocycles. The Morgan fingerprint density at radius 2 is 2.17 bits per heavy atom. The van der Waals surface area contributed by atoms with Crippen LogP contribution in [0.25, 0.3) is 11.0 Å². The summed E-state index contributed by atoms with van der Waals surface area (Å²) in [5, 5.41) is 4.32. The van der Waals surface area contributed by atoms with E-state index in [1.165, 1.54) is 0 Å². The Morgan fingerprint density at radius 3 is 3.00 bits per heavy atom. The number of aromatic nitrogens is 2. The largest absolute Gasteiger partial charge is 0.339 e. The zero-order valence-corrected chi connectivity index (χ0v) is 10.2. The summed E-state index contributed by atoms with van der Waals surface area (Å²) in [5.41, 5.74) is 0.876. The molecule has 0 aromatic carbocycles. The lowest BCUT2D eigenvalue weighted by Crippen LogP contribution is -2.47. The monoisotopic (exact) mass is 244 g/mol. The third-order valence-corrected chi connectivity index (χ3v) is 3.30. The van der Waals surface area contributed by atoms with Gasteiger partial charge in [0.2, 0.25) is 5.91 Å². The quantitative estimate of drug-likeness (QED) is 0.835. The van der Waals surface area contributed by atoms with E-state index in [2.05, 4.69) is 10.3 Å². The van der Waals surface area contributed by atoms with E-state index in [4.69, 9.17) is 0 Å². The zero-order chi connectivity index (χ0) is 12.4. The number of rotatable bonds is 2. The van der Waals surface area contributed by atoms with Crippen LogP contribution in [0.1, 0.15) is 0 Å². The second kappa shape index (κ2) is 4.78. The lowest BCUT2D eigenvalue weighted by Gasteiger charge is -2.27. The summed E-state index contributed by atoms with van der Waals surface area (Å²) in [6, 6.07) is 5.91. The molecule has 5 nitrogen and oxygen atoms in total. The van der Waals surface area contributed by atoms with E-state index in [9.17, 15) is 4.79 Å². The third kappa shape index (κ3) is 2.09. The van der Waals surface area contributed by atoms with Crippen LogP contribution in [0, 0.1) is 0 Å². The summed E-state index contributed by atoms with van der Waals surface area (Å²) in [6.45, 7) is 3.74. The van der Waals surface area contributed by atoms with Crippen molar-refractivity contribution in [1.82, 2.24) is 19.8 Å². The Morgan fingerprint density at radius 1 is 1.33 bits per heavy atom. The maximum Gasteiger partial charge on any atom is 0.242 e. The topological polar surface area (TPSA) is 50.2 Å². The van der Waals surface area contributed by atoms with Crippen molar-refractivity contribution in [2.75, 3.05) is 26.2 Å². The average molecular weight is 244 g/mol. The molecule has 0 atom stereocenters. The molecule has 0 saturated carbocycles. The fourth-order valence-electron chi connectivity index (χ4n) is 2.31. The standard InChI is InChI=1S/C13H16N4O/c18-12(16-8-5-14-6-9-16)10-17-7-3-11-2-1-4-15-13(11)17/h1-4,7,14H,5-6,8-10H2. The normalized spacial score (nSPS) is 16.1. The number of pyridine rings is 1. The van der Waals surface area contributed by atoms with Crippen molar-refractivity contribution in [2.45, 2.75) is 6.54 Å². The first-order valence-corrected chi connectivity index (χ1v) is 6.23. The molecule has 3 rings (SSSR count). The van der Waals surface area contributed by atoms with E-state index in [1.54, 1.807) is 6.20 Å². The minimum absolute atomic E-state index is 0.166. The Balaban J connectivity index is 1.77. The van der Waals surface area contributed by atoms with Crippen molar-refractivity contribution in [3.63, 3.8) is 0 Å². The second-order valence-corrected chi connectivity index (χ2v) is 4.49. The molecular formula is C13H16N4O. The van der Waals surface area contributed by atoms with Crippen molar-refractivity contribution >= 4 is 16.9 Å². The molecule has 1 fully saturated rings. The van der Waals surface area contributed by atoms with Gasteiger partial charge in [0.1, 0.15) is 12.2 Å². The minimum Gasteiger partial charge on any atom is -0.339 e. The highest BCUT2D eigenvalue weighted by Crippen LogP contribution is 2.12. The number of hydrogen-bond acceptors (Lipinski definition) is 3. The van der Waals surface area contributed by atoms with E-state index in [0.29, 0.717) is 6.54 Å². The van der Waals surface area contributed by atoms with Crippen molar-refractivity contribution in [2.24, 2.45) is 0 Å².